The topological polar surface area (TPSA) is 61.4 Å². The third-order valence-corrected chi connectivity index (χ3v) is 3.60. The van der Waals surface area contributed by atoms with Gasteiger partial charge in [0.15, 0.2) is 0 Å². The highest BCUT2D eigenvalue weighted by molar-refractivity contribution is 5.75. The van der Waals surface area contributed by atoms with Crippen molar-refractivity contribution in [1.29, 1.82) is 0 Å². The van der Waals surface area contributed by atoms with Gasteiger partial charge in [-0.3, -0.25) is 10.1 Å². The lowest BCUT2D eigenvalue weighted by molar-refractivity contribution is -0.121. The summed E-state index contributed by atoms with van der Waals surface area (Å²) in [5.74, 6) is 0.140. The number of aliphatic hydroxyl groups excluding tert-OH is 1. The lowest BCUT2D eigenvalue weighted by Crippen LogP contribution is -2.34. The van der Waals surface area contributed by atoms with Crippen LogP contribution in [-0.4, -0.2) is 30.8 Å². The molecule has 0 saturated carbocycles. The normalized spacial score (nSPS) is 11.2. The van der Waals surface area contributed by atoms with Gasteiger partial charge in [-0.2, -0.15) is 0 Å². The molecule has 0 atom stereocenters. The second kappa shape index (κ2) is 18.2. The van der Waals surface area contributed by atoms with Crippen LogP contribution >= 0.6 is 0 Å². The molecule has 0 saturated heterocycles. The van der Waals surface area contributed by atoms with E-state index in [0.29, 0.717) is 19.7 Å². The van der Waals surface area contributed by atoms with Crippen LogP contribution in [0.4, 0.5) is 0 Å². The number of amides is 1. The standard InChI is InChI=1S/C18H36N2O2/c1-2-3-4-8-11-14-18(22)20-17-19-15-12-9-6-5-7-10-13-16-21/h3-4,19,21H,2,5-17H2,1H3,(H,20,22)/b4-3+. The van der Waals surface area contributed by atoms with Gasteiger partial charge in [-0.15, -0.1) is 0 Å². The van der Waals surface area contributed by atoms with Crippen molar-refractivity contribution in [2.24, 2.45) is 0 Å². The average molecular weight is 312 g/mol. The van der Waals surface area contributed by atoms with Crippen LogP contribution in [0.3, 0.4) is 0 Å². The van der Waals surface area contributed by atoms with Crippen LogP contribution in [0.5, 0.6) is 0 Å². The number of rotatable bonds is 16. The van der Waals surface area contributed by atoms with E-state index in [-0.39, 0.29) is 5.91 Å². The van der Waals surface area contributed by atoms with Crippen LogP contribution < -0.4 is 10.6 Å². The maximum atomic E-state index is 11.5. The molecular weight excluding hydrogens is 276 g/mol. The Balaban J connectivity index is 3.15. The molecule has 0 aromatic rings. The quantitative estimate of drug-likeness (QED) is 0.232. The fourth-order valence-corrected chi connectivity index (χ4v) is 2.25. The first-order valence-corrected chi connectivity index (χ1v) is 9.04. The second-order valence-corrected chi connectivity index (χ2v) is 5.75. The van der Waals surface area contributed by atoms with E-state index in [1.54, 1.807) is 0 Å². The van der Waals surface area contributed by atoms with Crippen molar-refractivity contribution in [3.63, 3.8) is 0 Å². The largest absolute Gasteiger partial charge is 0.396 e. The van der Waals surface area contributed by atoms with Crippen molar-refractivity contribution in [3.8, 4) is 0 Å². The number of nitrogens with one attached hydrogen (secondary N) is 2. The van der Waals surface area contributed by atoms with Crippen molar-refractivity contribution >= 4 is 5.91 Å². The van der Waals surface area contributed by atoms with E-state index < -0.39 is 0 Å². The van der Waals surface area contributed by atoms with E-state index in [1.807, 2.05) is 0 Å². The summed E-state index contributed by atoms with van der Waals surface area (Å²) in [6.45, 7) is 3.99. The van der Waals surface area contributed by atoms with E-state index in [4.69, 9.17) is 5.11 Å². The molecular formula is C18H36N2O2. The number of carbonyl (C=O) groups excluding carboxylic acids is 1. The minimum absolute atomic E-state index is 0.140. The zero-order chi connectivity index (χ0) is 16.3. The molecule has 0 aliphatic carbocycles. The van der Waals surface area contributed by atoms with Crippen LogP contribution in [0.2, 0.25) is 0 Å². The van der Waals surface area contributed by atoms with Crippen molar-refractivity contribution < 1.29 is 9.90 Å². The molecule has 0 bridgehead atoms. The SMILES string of the molecule is CC/C=C/CCCC(=O)NCNCCCCCCCCCO. The minimum atomic E-state index is 0.140. The molecule has 130 valence electrons. The highest BCUT2D eigenvalue weighted by Gasteiger charge is 1.98. The van der Waals surface area contributed by atoms with Gasteiger partial charge in [-0.1, -0.05) is 51.2 Å². The van der Waals surface area contributed by atoms with Crippen molar-refractivity contribution in [1.82, 2.24) is 10.6 Å². The molecule has 22 heavy (non-hydrogen) atoms. The van der Waals surface area contributed by atoms with Crippen molar-refractivity contribution in [2.75, 3.05) is 19.8 Å². The molecule has 0 rings (SSSR count). The third kappa shape index (κ3) is 17.2. The van der Waals surface area contributed by atoms with E-state index >= 15 is 0 Å². The Morgan fingerprint density at radius 1 is 0.955 bits per heavy atom. The number of carbonyl (C=O) groups is 1. The molecule has 0 unspecified atom stereocenters. The molecule has 4 heteroatoms. The number of hydrogen-bond donors (Lipinski definition) is 3. The van der Waals surface area contributed by atoms with Crippen LogP contribution in [0.15, 0.2) is 12.2 Å². The van der Waals surface area contributed by atoms with Crippen LogP contribution in [0, 0.1) is 0 Å². The maximum absolute atomic E-state index is 11.5. The average Bonchev–Trinajstić information content (AvgIpc) is 2.52. The highest BCUT2D eigenvalue weighted by Crippen LogP contribution is 2.06. The maximum Gasteiger partial charge on any atom is 0.220 e. The number of hydrogen-bond acceptors (Lipinski definition) is 3. The van der Waals surface area contributed by atoms with Gasteiger partial charge in [0.2, 0.25) is 5.91 Å². The zero-order valence-corrected chi connectivity index (χ0v) is 14.4. The van der Waals surface area contributed by atoms with Gasteiger partial charge >= 0.3 is 0 Å². The van der Waals surface area contributed by atoms with Gasteiger partial charge in [0.05, 0.1) is 6.67 Å². The van der Waals surface area contributed by atoms with Crippen molar-refractivity contribution in [3.05, 3.63) is 12.2 Å². The van der Waals surface area contributed by atoms with Gasteiger partial charge in [-0.25, -0.2) is 0 Å². The number of allylic oxidation sites excluding steroid dienone is 2. The first kappa shape index (κ1) is 21.1. The van der Waals surface area contributed by atoms with Crippen LogP contribution in [-0.2, 0) is 4.79 Å². The summed E-state index contributed by atoms with van der Waals surface area (Å²) in [7, 11) is 0. The van der Waals surface area contributed by atoms with Gasteiger partial charge in [0.25, 0.3) is 0 Å². The van der Waals surface area contributed by atoms with E-state index in [0.717, 1.165) is 45.1 Å². The number of unbranched alkanes of at least 4 members (excludes halogenated alkanes) is 7. The Labute approximate surface area is 136 Å². The van der Waals surface area contributed by atoms with E-state index in [2.05, 4.69) is 29.7 Å². The van der Waals surface area contributed by atoms with Crippen molar-refractivity contribution in [2.45, 2.75) is 77.6 Å². The summed E-state index contributed by atoms with van der Waals surface area (Å²) in [4.78, 5) is 11.5. The predicted octanol–water partition coefficient (Wildman–Crippen LogP) is 3.51. The summed E-state index contributed by atoms with van der Waals surface area (Å²) in [6.07, 6.45) is 16.2. The third-order valence-electron chi connectivity index (χ3n) is 3.60. The van der Waals surface area contributed by atoms with Gasteiger partial charge < -0.3 is 10.4 Å². The Kier molecular flexibility index (Phi) is 17.5. The molecule has 0 radical (unpaired) electrons. The second-order valence-electron chi connectivity index (χ2n) is 5.75. The lowest BCUT2D eigenvalue weighted by atomic mass is 10.1. The summed E-state index contributed by atoms with van der Waals surface area (Å²) < 4.78 is 0. The Hall–Kier alpha value is -0.870. The fraction of sp³-hybridized carbons (Fsp3) is 0.833. The van der Waals surface area contributed by atoms with E-state index in [9.17, 15) is 4.79 Å². The monoisotopic (exact) mass is 312 g/mol. The Morgan fingerprint density at radius 3 is 2.32 bits per heavy atom. The first-order valence-electron chi connectivity index (χ1n) is 9.04. The molecule has 0 aliphatic rings. The first-order chi connectivity index (χ1) is 10.8. The molecule has 0 fully saturated rings. The smallest absolute Gasteiger partial charge is 0.220 e. The molecule has 3 N–H and O–H groups in total. The van der Waals surface area contributed by atoms with E-state index in [1.165, 1.54) is 25.7 Å². The van der Waals surface area contributed by atoms with Gasteiger partial charge in [0, 0.05) is 13.0 Å². The van der Waals surface area contributed by atoms with Gasteiger partial charge in [0.1, 0.15) is 0 Å². The molecule has 0 spiro atoms. The predicted molar refractivity (Wildman–Crippen MR) is 93.7 cm³/mol. The number of aliphatic hydroxyl groups is 1. The molecule has 0 aromatic carbocycles. The van der Waals surface area contributed by atoms with Crippen LogP contribution in [0.25, 0.3) is 0 Å². The van der Waals surface area contributed by atoms with Gasteiger partial charge in [-0.05, 0) is 38.6 Å². The summed E-state index contributed by atoms with van der Waals surface area (Å²) in [5.41, 5.74) is 0. The fourth-order valence-electron chi connectivity index (χ4n) is 2.25. The van der Waals surface area contributed by atoms with Crippen LogP contribution in [0.1, 0.15) is 77.6 Å². The molecule has 0 heterocycles. The lowest BCUT2D eigenvalue weighted by Gasteiger charge is -2.07. The Morgan fingerprint density at radius 2 is 1.64 bits per heavy atom. The minimum Gasteiger partial charge on any atom is -0.396 e. The molecule has 1 amide bonds. The zero-order valence-electron chi connectivity index (χ0n) is 14.4. The summed E-state index contributed by atoms with van der Waals surface area (Å²) in [6, 6.07) is 0. The Bertz CT molecular complexity index is 268. The molecule has 0 aliphatic heterocycles. The molecule has 0 aromatic heterocycles. The summed E-state index contributed by atoms with van der Waals surface area (Å²) >= 11 is 0. The summed E-state index contributed by atoms with van der Waals surface area (Å²) in [5, 5.41) is 14.8. The molecule has 4 nitrogen and oxygen atoms in total. The highest BCUT2D eigenvalue weighted by atomic mass is 16.2.